The second-order valence-electron chi connectivity index (χ2n) is 16.9. The van der Waals surface area contributed by atoms with Gasteiger partial charge in [-0.15, -0.1) is 0 Å². The molecule has 1 rings (SSSR count). The number of hydrogen-bond acceptors (Lipinski definition) is 10. The Balaban J connectivity index is 2.33. The summed E-state index contributed by atoms with van der Waals surface area (Å²) >= 11 is 0. The summed E-state index contributed by atoms with van der Waals surface area (Å²) in [5, 5.41) is 40.1. The van der Waals surface area contributed by atoms with E-state index in [0.717, 1.165) is 38.5 Å². The molecular formula is C51H90O10. The van der Waals surface area contributed by atoms with Crippen molar-refractivity contribution in [2.45, 2.75) is 243 Å². The Morgan fingerprint density at radius 1 is 0.508 bits per heavy atom. The summed E-state index contributed by atoms with van der Waals surface area (Å²) in [5.41, 5.74) is 0. The highest BCUT2D eigenvalue weighted by molar-refractivity contribution is 5.70. The molecule has 0 spiro atoms. The van der Waals surface area contributed by atoms with E-state index in [1.807, 2.05) is 6.08 Å². The SMILES string of the molecule is CCCCCCCCC/C=C/C/C=C/C/C=C/C/C=C/CCCC(=O)O[C@H](COC(=O)CCCCCCCCCCCCCCCCC)CO[C@@H]1O[C@H](CO)[C@H](O)C(O)C1O. The zero-order valence-corrected chi connectivity index (χ0v) is 38.7. The van der Waals surface area contributed by atoms with Gasteiger partial charge in [0.2, 0.25) is 0 Å². The molecule has 10 nitrogen and oxygen atoms in total. The summed E-state index contributed by atoms with van der Waals surface area (Å²) in [6.45, 7) is 3.38. The lowest BCUT2D eigenvalue weighted by atomic mass is 9.99. The van der Waals surface area contributed by atoms with Crippen LogP contribution in [0.25, 0.3) is 0 Å². The highest BCUT2D eigenvalue weighted by Crippen LogP contribution is 2.23. The summed E-state index contributed by atoms with van der Waals surface area (Å²) in [6.07, 6.45) is 42.7. The third-order valence-corrected chi connectivity index (χ3v) is 11.2. The van der Waals surface area contributed by atoms with Crippen molar-refractivity contribution in [2.75, 3.05) is 19.8 Å². The molecule has 0 amide bonds. The van der Waals surface area contributed by atoms with Gasteiger partial charge in [0.15, 0.2) is 12.4 Å². The van der Waals surface area contributed by atoms with Crippen molar-refractivity contribution in [2.24, 2.45) is 0 Å². The van der Waals surface area contributed by atoms with Crippen LogP contribution in [0.3, 0.4) is 0 Å². The second-order valence-corrected chi connectivity index (χ2v) is 16.9. The van der Waals surface area contributed by atoms with Gasteiger partial charge in [-0.25, -0.2) is 0 Å². The normalized spacial score (nSPS) is 20.1. The van der Waals surface area contributed by atoms with Crippen molar-refractivity contribution in [1.82, 2.24) is 0 Å². The first-order valence-electron chi connectivity index (χ1n) is 24.7. The van der Waals surface area contributed by atoms with Crippen LogP contribution in [-0.2, 0) is 28.5 Å². The summed E-state index contributed by atoms with van der Waals surface area (Å²) in [6, 6.07) is 0. The highest BCUT2D eigenvalue weighted by atomic mass is 16.7. The molecule has 1 heterocycles. The van der Waals surface area contributed by atoms with E-state index in [1.54, 1.807) is 0 Å². The van der Waals surface area contributed by atoms with Gasteiger partial charge in [0, 0.05) is 12.8 Å². The maximum atomic E-state index is 12.8. The standard InChI is InChI=1S/C51H90O10/c1-3-5-7-9-11-13-15-17-19-20-21-22-23-24-26-28-30-32-34-36-38-40-47(54)60-44(43-59-51-50(57)49(56)48(55)45(41-52)61-51)42-58-46(53)39-37-35-33-31-29-27-25-18-16-14-12-10-8-6-4-2/h19-20,22-23,26,28,32,34,44-45,48-52,55-57H,3-18,21,24-25,27,29-31,33,35-43H2,1-2H3/b20-19+,23-22+,28-26+,34-32+/t44-,45-,48+,49?,50?,51-/m1/s1. The first-order valence-corrected chi connectivity index (χ1v) is 24.7. The average Bonchev–Trinajstić information content (AvgIpc) is 3.26. The molecule has 1 aliphatic heterocycles. The number of aliphatic hydroxyl groups excluding tert-OH is 4. The van der Waals surface area contributed by atoms with E-state index in [0.29, 0.717) is 12.8 Å². The minimum atomic E-state index is -1.60. The number of rotatable bonds is 41. The summed E-state index contributed by atoms with van der Waals surface area (Å²) < 4.78 is 22.1. The predicted octanol–water partition coefficient (Wildman–Crippen LogP) is 11.2. The Morgan fingerprint density at radius 3 is 1.43 bits per heavy atom. The molecule has 0 bridgehead atoms. The van der Waals surface area contributed by atoms with Crippen LogP contribution in [0.5, 0.6) is 0 Å². The zero-order chi connectivity index (χ0) is 44.4. The second kappa shape index (κ2) is 41.7. The molecule has 0 saturated carbocycles. The molecule has 1 aliphatic rings. The van der Waals surface area contributed by atoms with Crippen LogP contribution in [0, 0.1) is 0 Å². The van der Waals surface area contributed by atoms with Crippen LogP contribution in [0.4, 0.5) is 0 Å². The van der Waals surface area contributed by atoms with Crippen LogP contribution >= 0.6 is 0 Å². The lowest BCUT2D eigenvalue weighted by Crippen LogP contribution is -2.59. The lowest BCUT2D eigenvalue weighted by molar-refractivity contribution is -0.305. The third-order valence-electron chi connectivity index (χ3n) is 11.2. The summed E-state index contributed by atoms with van der Waals surface area (Å²) in [5.74, 6) is -0.867. The van der Waals surface area contributed by atoms with Crippen molar-refractivity contribution >= 4 is 11.9 Å². The van der Waals surface area contributed by atoms with Gasteiger partial charge in [-0.3, -0.25) is 9.59 Å². The molecule has 10 heteroatoms. The Morgan fingerprint density at radius 2 is 0.934 bits per heavy atom. The van der Waals surface area contributed by atoms with Gasteiger partial charge in [0.05, 0.1) is 13.2 Å². The Hall–Kier alpha value is -2.34. The topological polar surface area (TPSA) is 152 Å². The number of esters is 2. The van der Waals surface area contributed by atoms with Crippen LogP contribution in [0.15, 0.2) is 48.6 Å². The van der Waals surface area contributed by atoms with Crippen molar-refractivity contribution in [1.29, 1.82) is 0 Å². The monoisotopic (exact) mass is 863 g/mol. The van der Waals surface area contributed by atoms with E-state index >= 15 is 0 Å². The van der Waals surface area contributed by atoms with Crippen molar-refractivity contribution in [3.8, 4) is 0 Å². The van der Waals surface area contributed by atoms with Gasteiger partial charge >= 0.3 is 11.9 Å². The molecule has 0 aromatic rings. The molecule has 0 aromatic heterocycles. The van der Waals surface area contributed by atoms with E-state index in [9.17, 15) is 30.0 Å². The fourth-order valence-corrected chi connectivity index (χ4v) is 7.30. The van der Waals surface area contributed by atoms with Crippen LogP contribution < -0.4 is 0 Å². The summed E-state index contributed by atoms with van der Waals surface area (Å²) in [7, 11) is 0. The highest BCUT2D eigenvalue weighted by Gasteiger charge is 2.44. The van der Waals surface area contributed by atoms with Gasteiger partial charge in [-0.2, -0.15) is 0 Å². The number of aliphatic hydroxyl groups is 4. The first kappa shape index (κ1) is 56.7. The lowest BCUT2D eigenvalue weighted by Gasteiger charge is -2.39. The minimum Gasteiger partial charge on any atom is -0.462 e. The Labute approximate surface area is 371 Å². The molecular weight excluding hydrogens is 773 g/mol. The molecule has 2 unspecified atom stereocenters. The predicted molar refractivity (Wildman–Crippen MR) is 247 cm³/mol. The summed E-state index contributed by atoms with van der Waals surface area (Å²) in [4.78, 5) is 25.4. The largest absolute Gasteiger partial charge is 0.462 e. The average molecular weight is 863 g/mol. The number of carbonyl (C=O) groups excluding carboxylic acids is 2. The molecule has 1 saturated heterocycles. The fraction of sp³-hybridized carbons (Fsp3) is 0.804. The smallest absolute Gasteiger partial charge is 0.306 e. The van der Waals surface area contributed by atoms with Crippen LogP contribution in [-0.4, -0.2) is 89.0 Å². The number of allylic oxidation sites excluding steroid dienone is 8. The minimum absolute atomic E-state index is 0.155. The zero-order valence-electron chi connectivity index (χ0n) is 38.7. The van der Waals surface area contributed by atoms with Crippen molar-refractivity contribution in [3.63, 3.8) is 0 Å². The number of ether oxygens (including phenoxy) is 4. The molecule has 4 N–H and O–H groups in total. The Kier molecular flexibility index (Phi) is 38.7. The number of unbranched alkanes of at least 4 members (excludes halogenated alkanes) is 22. The van der Waals surface area contributed by atoms with Crippen LogP contribution in [0.2, 0.25) is 0 Å². The van der Waals surface area contributed by atoms with E-state index < -0.39 is 49.4 Å². The molecule has 0 aromatic carbocycles. The van der Waals surface area contributed by atoms with Gasteiger partial charge in [-0.1, -0.05) is 191 Å². The molecule has 6 atom stereocenters. The number of hydrogen-bond donors (Lipinski definition) is 4. The van der Waals surface area contributed by atoms with Crippen molar-refractivity contribution in [3.05, 3.63) is 48.6 Å². The number of carbonyl (C=O) groups is 2. The quantitative estimate of drug-likeness (QED) is 0.0265. The molecule has 0 aliphatic carbocycles. The first-order chi connectivity index (χ1) is 29.8. The molecule has 61 heavy (non-hydrogen) atoms. The van der Waals surface area contributed by atoms with Gasteiger partial charge in [-0.05, 0) is 51.4 Å². The molecule has 354 valence electrons. The van der Waals surface area contributed by atoms with E-state index in [4.69, 9.17) is 18.9 Å². The third kappa shape index (κ3) is 32.9. The maximum Gasteiger partial charge on any atom is 0.306 e. The fourth-order valence-electron chi connectivity index (χ4n) is 7.30. The molecule has 0 radical (unpaired) electrons. The van der Waals surface area contributed by atoms with Gasteiger partial charge in [0.1, 0.15) is 31.0 Å². The van der Waals surface area contributed by atoms with Crippen molar-refractivity contribution < 1.29 is 49.0 Å². The van der Waals surface area contributed by atoms with Crippen LogP contribution in [0.1, 0.15) is 206 Å². The van der Waals surface area contributed by atoms with Gasteiger partial charge in [0.25, 0.3) is 0 Å². The molecule has 1 fully saturated rings. The van der Waals surface area contributed by atoms with E-state index in [2.05, 4.69) is 56.4 Å². The van der Waals surface area contributed by atoms with Gasteiger partial charge < -0.3 is 39.4 Å². The van der Waals surface area contributed by atoms with E-state index in [1.165, 1.54) is 128 Å². The van der Waals surface area contributed by atoms with E-state index in [-0.39, 0.29) is 32.0 Å². The Bertz CT molecular complexity index is 1130. The maximum absolute atomic E-state index is 12.8.